The van der Waals surface area contributed by atoms with Crippen LogP contribution in [0.1, 0.15) is 17.6 Å². The number of benzene rings is 1. The van der Waals surface area contributed by atoms with Crippen LogP contribution in [0.15, 0.2) is 30.6 Å². The molecule has 0 fully saturated rings. The number of rotatable bonds is 3. The first-order valence-corrected chi connectivity index (χ1v) is 4.85. The maximum absolute atomic E-state index is 11.7. The lowest BCUT2D eigenvalue weighted by Crippen LogP contribution is -2.11. The average Bonchev–Trinajstić information content (AvgIpc) is 2.69. The van der Waals surface area contributed by atoms with Crippen LogP contribution in [0.5, 0.6) is 0 Å². The smallest absolute Gasteiger partial charge is 0.303 e. The van der Waals surface area contributed by atoms with Gasteiger partial charge in [-0.1, -0.05) is 12.1 Å². The van der Waals surface area contributed by atoms with Gasteiger partial charge in [0.05, 0.1) is 17.5 Å². The van der Waals surface area contributed by atoms with Crippen LogP contribution in [0.2, 0.25) is 0 Å². The molecule has 1 aromatic heterocycles. The number of aromatic nitrogens is 2. The van der Waals surface area contributed by atoms with Gasteiger partial charge < -0.3 is 5.11 Å². The zero-order chi connectivity index (χ0) is 11.5. The predicted octanol–water partition coefficient (Wildman–Crippen LogP) is 1.54. The topological polar surface area (TPSA) is 72.2 Å². The summed E-state index contributed by atoms with van der Waals surface area (Å²) in [6.45, 7) is 0. The molecular formula is C11H10N2O3. The van der Waals surface area contributed by atoms with E-state index in [9.17, 15) is 9.59 Å². The van der Waals surface area contributed by atoms with Gasteiger partial charge in [0.15, 0.2) is 0 Å². The summed E-state index contributed by atoms with van der Waals surface area (Å²) in [6, 6.07) is 7.23. The molecule has 1 N–H and O–H groups in total. The molecule has 1 heterocycles. The molecule has 0 spiro atoms. The van der Waals surface area contributed by atoms with Crippen molar-refractivity contribution in [3.63, 3.8) is 0 Å². The fourth-order valence-corrected chi connectivity index (χ4v) is 1.49. The number of aliphatic carboxylic acids is 1. The molecule has 2 aromatic rings. The van der Waals surface area contributed by atoms with Gasteiger partial charge in [-0.05, 0) is 12.1 Å². The molecular weight excluding hydrogens is 208 g/mol. The predicted molar refractivity (Wildman–Crippen MR) is 57.2 cm³/mol. The van der Waals surface area contributed by atoms with E-state index < -0.39 is 5.97 Å². The highest BCUT2D eigenvalue weighted by atomic mass is 16.4. The van der Waals surface area contributed by atoms with Gasteiger partial charge in [-0.15, -0.1) is 0 Å². The molecule has 5 heteroatoms. The maximum atomic E-state index is 11.7. The van der Waals surface area contributed by atoms with Crippen LogP contribution < -0.4 is 0 Å². The van der Waals surface area contributed by atoms with Crippen LogP contribution in [0, 0.1) is 0 Å². The number of imidazole rings is 1. The molecule has 2 rings (SSSR count). The molecule has 0 saturated heterocycles. The van der Waals surface area contributed by atoms with Crippen LogP contribution >= 0.6 is 0 Å². The Hall–Kier alpha value is -2.17. The molecule has 82 valence electrons. The second-order valence-electron chi connectivity index (χ2n) is 3.39. The molecule has 0 aliphatic carbocycles. The van der Waals surface area contributed by atoms with Crippen LogP contribution in [0.4, 0.5) is 0 Å². The molecule has 0 aliphatic heterocycles. The van der Waals surface area contributed by atoms with Crippen LogP contribution in [-0.2, 0) is 4.79 Å². The van der Waals surface area contributed by atoms with Crippen molar-refractivity contribution in [2.45, 2.75) is 12.8 Å². The van der Waals surface area contributed by atoms with Gasteiger partial charge in [-0.25, -0.2) is 4.98 Å². The molecule has 0 bridgehead atoms. The minimum atomic E-state index is -0.974. The third kappa shape index (κ3) is 1.93. The van der Waals surface area contributed by atoms with Crippen molar-refractivity contribution < 1.29 is 14.7 Å². The molecule has 0 atom stereocenters. The SMILES string of the molecule is O=C(O)CCC(=O)n1cnc2ccccc21. The van der Waals surface area contributed by atoms with E-state index in [1.54, 1.807) is 12.1 Å². The normalized spacial score (nSPS) is 10.5. The van der Waals surface area contributed by atoms with Crippen molar-refractivity contribution in [3.05, 3.63) is 30.6 Å². The number of carboxylic acid groups (broad SMARTS) is 1. The third-order valence-electron chi connectivity index (χ3n) is 2.27. The van der Waals surface area contributed by atoms with Crippen molar-refractivity contribution in [1.82, 2.24) is 9.55 Å². The highest BCUT2D eigenvalue weighted by Crippen LogP contribution is 2.12. The van der Waals surface area contributed by atoms with Gasteiger partial charge in [0.2, 0.25) is 5.91 Å². The number of hydrogen-bond donors (Lipinski definition) is 1. The largest absolute Gasteiger partial charge is 0.481 e. The van der Waals surface area contributed by atoms with E-state index in [1.807, 2.05) is 12.1 Å². The third-order valence-corrected chi connectivity index (χ3v) is 2.27. The quantitative estimate of drug-likeness (QED) is 0.848. The summed E-state index contributed by atoms with van der Waals surface area (Å²) in [5, 5.41) is 8.50. The standard InChI is InChI=1S/C11H10N2O3/c14-10(5-6-11(15)16)13-7-12-8-3-1-2-4-9(8)13/h1-4,7H,5-6H2,(H,15,16). The average molecular weight is 218 g/mol. The molecule has 0 aliphatic rings. The van der Waals surface area contributed by atoms with Crippen molar-refractivity contribution in [2.24, 2.45) is 0 Å². The Balaban J connectivity index is 2.26. The number of fused-ring (bicyclic) bond motifs is 1. The fourth-order valence-electron chi connectivity index (χ4n) is 1.49. The number of nitrogens with zero attached hydrogens (tertiary/aromatic N) is 2. The Labute approximate surface area is 91.3 Å². The molecule has 0 amide bonds. The van der Waals surface area contributed by atoms with Gasteiger partial charge in [0.25, 0.3) is 0 Å². The summed E-state index contributed by atoms with van der Waals surface area (Å²) in [6.07, 6.45) is 1.25. The van der Waals surface area contributed by atoms with Gasteiger partial charge >= 0.3 is 5.97 Å². The summed E-state index contributed by atoms with van der Waals surface area (Å²) in [7, 11) is 0. The van der Waals surface area contributed by atoms with E-state index in [-0.39, 0.29) is 18.7 Å². The maximum Gasteiger partial charge on any atom is 0.303 e. The molecule has 0 radical (unpaired) electrons. The number of para-hydroxylation sites is 2. The van der Waals surface area contributed by atoms with Gasteiger partial charge in [-0.3, -0.25) is 14.2 Å². The molecule has 1 aromatic carbocycles. The lowest BCUT2D eigenvalue weighted by Gasteiger charge is -2.00. The second-order valence-corrected chi connectivity index (χ2v) is 3.39. The Morgan fingerprint density at radius 3 is 2.75 bits per heavy atom. The highest BCUT2D eigenvalue weighted by molar-refractivity contribution is 5.91. The van der Waals surface area contributed by atoms with Crippen molar-refractivity contribution in [2.75, 3.05) is 0 Å². The summed E-state index contributed by atoms with van der Waals surface area (Å²) in [5.41, 5.74) is 1.43. The lowest BCUT2D eigenvalue weighted by molar-refractivity contribution is -0.136. The minimum absolute atomic E-state index is 0.0182. The first-order valence-electron chi connectivity index (χ1n) is 4.85. The monoisotopic (exact) mass is 218 g/mol. The van der Waals surface area contributed by atoms with Crippen molar-refractivity contribution >= 4 is 22.9 Å². The van der Waals surface area contributed by atoms with E-state index in [1.165, 1.54) is 10.9 Å². The Morgan fingerprint density at radius 1 is 1.25 bits per heavy atom. The highest BCUT2D eigenvalue weighted by Gasteiger charge is 2.10. The van der Waals surface area contributed by atoms with E-state index in [4.69, 9.17) is 5.11 Å². The zero-order valence-electron chi connectivity index (χ0n) is 8.46. The first-order chi connectivity index (χ1) is 7.68. The van der Waals surface area contributed by atoms with Gasteiger partial charge in [0, 0.05) is 6.42 Å². The zero-order valence-corrected chi connectivity index (χ0v) is 8.46. The first kappa shape index (κ1) is 10.4. The van der Waals surface area contributed by atoms with E-state index in [2.05, 4.69) is 4.98 Å². The second kappa shape index (κ2) is 4.14. The van der Waals surface area contributed by atoms with Crippen LogP contribution in [0.25, 0.3) is 11.0 Å². The van der Waals surface area contributed by atoms with Crippen LogP contribution in [0.3, 0.4) is 0 Å². The Morgan fingerprint density at radius 2 is 2.00 bits per heavy atom. The number of carbonyl (C=O) groups excluding carboxylic acids is 1. The summed E-state index contributed by atoms with van der Waals surface area (Å²) < 4.78 is 1.39. The van der Waals surface area contributed by atoms with E-state index >= 15 is 0 Å². The minimum Gasteiger partial charge on any atom is -0.481 e. The van der Waals surface area contributed by atoms with Gasteiger partial charge in [-0.2, -0.15) is 0 Å². The molecule has 0 saturated carbocycles. The summed E-state index contributed by atoms with van der Waals surface area (Å²) in [4.78, 5) is 26.1. The lowest BCUT2D eigenvalue weighted by atomic mass is 10.3. The van der Waals surface area contributed by atoms with Crippen LogP contribution in [-0.4, -0.2) is 26.5 Å². The number of carbonyl (C=O) groups is 2. The van der Waals surface area contributed by atoms with Gasteiger partial charge in [0.1, 0.15) is 6.33 Å². The van der Waals surface area contributed by atoms with Crippen molar-refractivity contribution in [1.29, 1.82) is 0 Å². The van der Waals surface area contributed by atoms with E-state index in [0.29, 0.717) is 5.52 Å². The molecule has 16 heavy (non-hydrogen) atoms. The fraction of sp³-hybridized carbons (Fsp3) is 0.182. The molecule has 0 unspecified atom stereocenters. The Bertz CT molecular complexity index is 545. The number of hydrogen-bond acceptors (Lipinski definition) is 3. The van der Waals surface area contributed by atoms with E-state index in [0.717, 1.165) is 5.52 Å². The molecule has 5 nitrogen and oxygen atoms in total. The number of carboxylic acids is 1. The summed E-state index contributed by atoms with van der Waals surface area (Å²) >= 11 is 0. The Kier molecular flexibility index (Phi) is 2.68. The van der Waals surface area contributed by atoms with Crippen molar-refractivity contribution in [3.8, 4) is 0 Å². The summed E-state index contributed by atoms with van der Waals surface area (Å²) in [5.74, 6) is -1.23.